The van der Waals surface area contributed by atoms with Crippen LogP contribution in [0.25, 0.3) is 0 Å². The fourth-order valence-corrected chi connectivity index (χ4v) is 3.89. The standard InChI is InChI=1S/C16H20N2O/c1-3-14-11-6-10(2)7-13(8-11)16(14,17)12-4-5-15(19)18-9-12/h3-6,9,11,13H,7-8,17H2,1-2H3,(H,18,19)/b14-3+. The van der Waals surface area contributed by atoms with Gasteiger partial charge in [0.05, 0.1) is 5.54 Å². The fourth-order valence-electron chi connectivity index (χ4n) is 3.89. The molecule has 0 saturated heterocycles. The molecule has 1 saturated carbocycles. The number of H-pyrrole nitrogens is 1. The van der Waals surface area contributed by atoms with E-state index < -0.39 is 5.54 Å². The third-order valence-corrected chi connectivity index (χ3v) is 4.69. The number of nitrogens with two attached hydrogens (primary N) is 1. The number of rotatable bonds is 1. The minimum atomic E-state index is -0.433. The molecule has 2 aliphatic carbocycles. The van der Waals surface area contributed by atoms with Crippen LogP contribution in [0.1, 0.15) is 32.3 Å². The number of hydrogen-bond donors (Lipinski definition) is 2. The summed E-state index contributed by atoms with van der Waals surface area (Å²) in [6.07, 6.45) is 8.45. The molecule has 3 heteroatoms. The summed E-state index contributed by atoms with van der Waals surface area (Å²) in [7, 11) is 0. The van der Waals surface area contributed by atoms with E-state index >= 15 is 0 Å². The Kier molecular flexibility index (Phi) is 2.75. The van der Waals surface area contributed by atoms with Crippen molar-refractivity contribution in [2.24, 2.45) is 17.6 Å². The first-order valence-corrected chi connectivity index (χ1v) is 6.87. The molecule has 3 rings (SSSR count). The van der Waals surface area contributed by atoms with Crippen molar-refractivity contribution >= 4 is 0 Å². The van der Waals surface area contributed by atoms with Crippen molar-refractivity contribution < 1.29 is 0 Å². The lowest BCUT2D eigenvalue weighted by molar-refractivity contribution is 0.352. The van der Waals surface area contributed by atoms with Gasteiger partial charge in [0.15, 0.2) is 0 Å². The molecule has 3 atom stereocenters. The van der Waals surface area contributed by atoms with Crippen LogP contribution in [0.3, 0.4) is 0 Å². The van der Waals surface area contributed by atoms with Crippen molar-refractivity contribution in [1.29, 1.82) is 0 Å². The van der Waals surface area contributed by atoms with Gasteiger partial charge in [-0.3, -0.25) is 4.79 Å². The number of fused-ring (bicyclic) bond motifs is 2. The molecule has 3 nitrogen and oxygen atoms in total. The maximum absolute atomic E-state index is 11.3. The zero-order valence-corrected chi connectivity index (χ0v) is 11.4. The van der Waals surface area contributed by atoms with Crippen LogP contribution in [-0.4, -0.2) is 4.98 Å². The van der Waals surface area contributed by atoms with Crippen molar-refractivity contribution in [3.63, 3.8) is 0 Å². The molecule has 0 aliphatic heterocycles. The third-order valence-electron chi connectivity index (χ3n) is 4.69. The van der Waals surface area contributed by atoms with Crippen molar-refractivity contribution in [3.05, 3.63) is 57.5 Å². The molecule has 2 aliphatic rings. The van der Waals surface area contributed by atoms with Gasteiger partial charge in [-0.05, 0) is 49.8 Å². The number of nitrogens with one attached hydrogen (secondary N) is 1. The number of hydrogen-bond acceptors (Lipinski definition) is 2. The summed E-state index contributed by atoms with van der Waals surface area (Å²) >= 11 is 0. The highest BCUT2D eigenvalue weighted by atomic mass is 16.1. The van der Waals surface area contributed by atoms with Gasteiger partial charge in [-0.25, -0.2) is 0 Å². The van der Waals surface area contributed by atoms with Crippen LogP contribution in [0.15, 0.2) is 46.4 Å². The summed E-state index contributed by atoms with van der Waals surface area (Å²) in [6.45, 7) is 4.25. The van der Waals surface area contributed by atoms with Gasteiger partial charge in [0.1, 0.15) is 0 Å². The van der Waals surface area contributed by atoms with Crippen molar-refractivity contribution in [2.45, 2.75) is 32.2 Å². The smallest absolute Gasteiger partial charge is 0.247 e. The van der Waals surface area contributed by atoms with E-state index in [1.807, 2.05) is 6.07 Å². The minimum absolute atomic E-state index is 0.0790. The molecule has 0 radical (unpaired) electrons. The molecule has 3 N–H and O–H groups in total. The summed E-state index contributed by atoms with van der Waals surface area (Å²) in [4.78, 5) is 14.0. The first-order chi connectivity index (χ1) is 9.05. The maximum atomic E-state index is 11.3. The van der Waals surface area contributed by atoms with Gasteiger partial charge in [0.2, 0.25) is 5.56 Å². The zero-order chi connectivity index (χ0) is 13.6. The van der Waals surface area contributed by atoms with Gasteiger partial charge in [-0.15, -0.1) is 0 Å². The Morgan fingerprint density at radius 1 is 1.47 bits per heavy atom. The van der Waals surface area contributed by atoms with Crippen molar-refractivity contribution in [1.82, 2.24) is 4.98 Å². The van der Waals surface area contributed by atoms with Crippen LogP contribution in [0.4, 0.5) is 0 Å². The Labute approximate surface area is 113 Å². The van der Waals surface area contributed by atoms with E-state index in [2.05, 4.69) is 31.0 Å². The second-order valence-electron chi connectivity index (χ2n) is 5.81. The van der Waals surface area contributed by atoms with Gasteiger partial charge >= 0.3 is 0 Å². The van der Waals surface area contributed by atoms with Gasteiger partial charge in [-0.2, -0.15) is 0 Å². The molecule has 2 bridgehead atoms. The highest BCUT2D eigenvalue weighted by Crippen LogP contribution is 2.54. The lowest BCUT2D eigenvalue weighted by Gasteiger charge is -2.33. The summed E-state index contributed by atoms with van der Waals surface area (Å²) in [5.41, 5.74) is 10.0. The summed E-state index contributed by atoms with van der Waals surface area (Å²) in [6, 6.07) is 3.44. The monoisotopic (exact) mass is 256 g/mol. The van der Waals surface area contributed by atoms with Crippen molar-refractivity contribution in [2.75, 3.05) is 0 Å². The first kappa shape index (κ1) is 12.4. The molecule has 19 heavy (non-hydrogen) atoms. The van der Waals surface area contributed by atoms with Crippen molar-refractivity contribution in [3.8, 4) is 0 Å². The molecule has 3 unspecified atom stereocenters. The lowest BCUT2D eigenvalue weighted by Crippen LogP contribution is -2.42. The predicted octanol–water partition coefficient (Wildman–Crippen LogP) is 2.46. The summed E-state index contributed by atoms with van der Waals surface area (Å²) in [5.74, 6) is 0.889. The van der Waals surface area contributed by atoms with Gasteiger partial charge in [-0.1, -0.05) is 17.7 Å². The molecule has 1 heterocycles. The molecule has 1 fully saturated rings. The highest BCUT2D eigenvalue weighted by Gasteiger charge is 2.50. The number of aromatic nitrogens is 1. The van der Waals surface area contributed by atoms with E-state index in [1.54, 1.807) is 12.3 Å². The number of aromatic amines is 1. The van der Waals surface area contributed by atoms with Crippen LogP contribution in [0, 0.1) is 11.8 Å². The molecule has 0 aromatic carbocycles. The Bertz CT molecular complexity index is 605. The predicted molar refractivity (Wildman–Crippen MR) is 76.7 cm³/mol. The Morgan fingerprint density at radius 3 is 2.89 bits per heavy atom. The topological polar surface area (TPSA) is 58.9 Å². The molecule has 100 valence electrons. The highest BCUT2D eigenvalue weighted by molar-refractivity contribution is 5.43. The van der Waals surface area contributed by atoms with E-state index in [0.717, 1.165) is 18.4 Å². The van der Waals surface area contributed by atoms with Crippen LogP contribution < -0.4 is 11.3 Å². The largest absolute Gasteiger partial charge is 0.329 e. The van der Waals surface area contributed by atoms with Crippen LogP contribution >= 0.6 is 0 Å². The molecule has 1 aromatic heterocycles. The summed E-state index contributed by atoms with van der Waals surface area (Å²) < 4.78 is 0. The van der Waals surface area contributed by atoms with E-state index in [-0.39, 0.29) is 5.56 Å². The molecular weight excluding hydrogens is 236 g/mol. The average molecular weight is 256 g/mol. The Hall–Kier alpha value is -1.61. The first-order valence-electron chi connectivity index (χ1n) is 6.87. The van der Waals surface area contributed by atoms with E-state index in [9.17, 15) is 4.79 Å². The van der Waals surface area contributed by atoms with Gasteiger partial charge < -0.3 is 10.7 Å². The van der Waals surface area contributed by atoms with Gasteiger partial charge in [0, 0.05) is 18.2 Å². The van der Waals surface area contributed by atoms with Crippen LogP contribution in [-0.2, 0) is 5.54 Å². The van der Waals surface area contributed by atoms with E-state index in [4.69, 9.17) is 5.73 Å². The second kappa shape index (κ2) is 4.20. The fraction of sp³-hybridized carbons (Fsp3) is 0.438. The third kappa shape index (κ3) is 1.72. The summed E-state index contributed by atoms with van der Waals surface area (Å²) in [5, 5.41) is 0. The average Bonchev–Trinajstić information content (AvgIpc) is 2.58. The minimum Gasteiger partial charge on any atom is -0.329 e. The molecular formula is C16H20N2O. The van der Waals surface area contributed by atoms with E-state index in [0.29, 0.717) is 11.8 Å². The van der Waals surface area contributed by atoms with Gasteiger partial charge in [0.25, 0.3) is 0 Å². The Balaban J connectivity index is 2.13. The zero-order valence-electron chi connectivity index (χ0n) is 11.4. The quantitative estimate of drug-likeness (QED) is 0.758. The van der Waals surface area contributed by atoms with E-state index in [1.165, 1.54) is 11.1 Å². The number of pyridine rings is 1. The molecule has 0 spiro atoms. The molecule has 0 amide bonds. The normalized spacial score (nSPS) is 35.5. The maximum Gasteiger partial charge on any atom is 0.247 e. The SMILES string of the molecule is C/C=C1\C2C=C(C)CC(C2)C1(N)c1ccc(=O)[nH]c1. The second-order valence-corrected chi connectivity index (χ2v) is 5.81. The molecule has 1 aromatic rings. The van der Waals surface area contributed by atoms with Crippen LogP contribution in [0.2, 0.25) is 0 Å². The lowest BCUT2D eigenvalue weighted by atomic mass is 9.77. The Morgan fingerprint density at radius 2 is 2.26 bits per heavy atom. The number of allylic oxidation sites excluding steroid dienone is 3. The van der Waals surface area contributed by atoms with Crippen LogP contribution in [0.5, 0.6) is 0 Å².